The monoisotopic (exact) mass is 180 g/mol. The molecule has 4 nitrogen and oxygen atoms in total. The van der Waals surface area contributed by atoms with Crippen LogP contribution in [0.25, 0.3) is 0 Å². The Morgan fingerprint density at radius 1 is 1.62 bits per heavy atom. The van der Waals surface area contributed by atoms with E-state index in [0.29, 0.717) is 6.54 Å². The third-order valence-corrected chi connectivity index (χ3v) is 1.88. The molecule has 0 spiro atoms. The van der Waals surface area contributed by atoms with Gasteiger partial charge in [-0.25, -0.2) is 4.79 Å². The molecule has 0 aliphatic carbocycles. The standard InChI is InChI=1S/C9H12N2O2/c1-3-5-7-8(12)11(6-4-2)9(13)10-7/h1,7H,4-6H2,2H3,(H,10,13). The van der Waals surface area contributed by atoms with E-state index in [-0.39, 0.29) is 18.4 Å². The van der Waals surface area contributed by atoms with Crippen molar-refractivity contribution in [3.8, 4) is 12.3 Å². The van der Waals surface area contributed by atoms with Crippen LogP contribution in [0.4, 0.5) is 4.79 Å². The Morgan fingerprint density at radius 2 is 2.31 bits per heavy atom. The maximum absolute atomic E-state index is 11.4. The van der Waals surface area contributed by atoms with Gasteiger partial charge in [-0.15, -0.1) is 12.3 Å². The average Bonchev–Trinajstić information content (AvgIpc) is 2.34. The fourth-order valence-corrected chi connectivity index (χ4v) is 1.27. The largest absolute Gasteiger partial charge is 0.325 e. The first-order valence-electron chi connectivity index (χ1n) is 4.26. The van der Waals surface area contributed by atoms with Gasteiger partial charge in [0.05, 0.1) is 0 Å². The Bertz CT molecular complexity index is 267. The molecule has 0 aromatic carbocycles. The molecule has 0 aromatic rings. The molecule has 0 aromatic heterocycles. The van der Waals surface area contributed by atoms with Crippen LogP contribution in [0, 0.1) is 12.3 Å². The lowest BCUT2D eigenvalue weighted by molar-refractivity contribution is -0.127. The highest BCUT2D eigenvalue weighted by Crippen LogP contribution is 2.08. The summed E-state index contributed by atoms with van der Waals surface area (Å²) in [6.07, 6.45) is 6.10. The van der Waals surface area contributed by atoms with Crippen LogP contribution in [0.5, 0.6) is 0 Å². The number of hydrogen-bond donors (Lipinski definition) is 1. The van der Waals surface area contributed by atoms with Crippen LogP contribution >= 0.6 is 0 Å². The molecule has 0 bridgehead atoms. The SMILES string of the molecule is C#CCC1NC(=O)N(CCC)C1=O. The van der Waals surface area contributed by atoms with Gasteiger partial charge in [0.2, 0.25) is 0 Å². The maximum atomic E-state index is 11.4. The first-order valence-corrected chi connectivity index (χ1v) is 4.26. The van der Waals surface area contributed by atoms with Crippen molar-refractivity contribution in [3.63, 3.8) is 0 Å². The Balaban J connectivity index is 2.65. The third kappa shape index (κ3) is 1.81. The number of terminal acetylenes is 1. The second-order valence-electron chi connectivity index (χ2n) is 2.90. The smallest absolute Gasteiger partial charge is 0.324 e. The molecular weight excluding hydrogens is 168 g/mol. The van der Waals surface area contributed by atoms with Gasteiger partial charge in [-0.2, -0.15) is 0 Å². The third-order valence-electron chi connectivity index (χ3n) is 1.88. The summed E-state index contributed by atoms with van der Waals surface area (Å²) in [7, 11) is 0. The minimum absolute atomic E-state index is 0.204. The van der Waals surface area contributed by atoms with Gasteiger partial charge >= 0.3 is 6.03 Å². The number of carbonyl (C=O) groups excluding carboxylic acids is 2. The van der Waals surface area contributed by atoms with Gasteiger partial charge < -0.3 is 5.32 Å². The van der Waals surface area contributed by atoms with Crippen LogP contribution < -0.4 is 5.32 Å². The Labute approximate surface area is 77.3 Å². The zero-order chi connectivity index (χ0) is 9.84. The predicted molar refractivity (Wildman–Crippen MR) is 47.8 cm³/mol. The van der Waals surface area contributed by atoms with Crippen molar-refractivity contribution in [2.24, 2.45) is 0 Å². The molecule has 1 heterocycles. The van der Waals surface area contributed by atoms with Crippen LogP contribution in [0.15, 0.2) is 0 Å². The fraction of sp³-hybridized carbons (Fsp3) is 0.556. The summed E-state index contributed by atoms with van der Waals surface area (Å²) in [6, 6.07) is -0.837. The normalized spacial score (nSPS) is 21.5. The molecule has 1 N–H and O–H groups in total. The van der Waals surface area contributed by atoms with Crippen molar-refractivity contribution in [1.29, 1.82) is 0 Å². The van der Waals surface area contributed by atoms with E-state index >= 15 is 0 Å². The van der Waals surface area contributed by atoms with E-state index in [4.69, 9.17) is 6.42 Å². The predicted octanol–water partition coefficient (Wildman–Crippen LogP) is 0.340. The number of imide groups is 1. The van der Waals surface area contributed by atoms with Gasteiger partial charge in [0, 0.05) is 13.0 Å². The summed E-state index contributed by atoms with van der Waals surface area (Å²) in [5.74, 6) is 2.16. The molecule has 4 heteroatoms. The zero-order valence-electron chi connectivity index (χ0n) is 7.54. The van der Waals surface area contributed by atoms with Gasteiger partial charge in [-0.1, -0.05) is 6.92 Å². The molecule has 1 unspecified atom stereocenters. The van der Waals surface area contributed by atoms with E-state index in [1.165, 1.54) is 4.90 Å². The summed E-state index contributed by atoms with van der Waals surface area (Å²) in [5, 5.41) is 2.53. The molecule has 1 rings (SSSR count). The number of carbonyl (C=O) groups is 2. The second-order valence-corrected chi connectivity index (χ2v) is 2.90. The van der Waals surface area contributed by atoms with E-state index in [1.807, 2.05) is 6.92 Å². The number of rotatable bonds is 3. The quantitative estimate of drug-likeness (QED) is 0.503. The molecule has 70 valence electrons. The van der Waals surface area contributed by atoms with Crippen LogP contribution in [0.3, 0.4) is 0 Å². The molecule has 3 amide bonds. The van der Waals surface area contributed by atoms with E-state index in [9.17, 15) is 9.59 Å². The fourth-order valence-electron chi connectivity index (χ4n) is 1.27. The number of amides is 3. The van der Waals surface area contributed by atoms with Crippen molar-refractivity contribution in [2.45, 2.75) is 25.8 Å². The topological polar surface area (TPSA) is 49.4 Å². The highest BCUT2D eigenvalue weighted by atomic mass is 16.2. The van der Waals surface area contributed by atoms with Crippen LogP contribution in [-0.2, 0) is 4.79 Å². The van der Waals surface area contributed by atoms with Gasteiger partial charge in [-0.3, -0.25) is 9.69 Å². The second kappa shape index (κ2) is 3.94. The summed E-state index contributed by atoms with van der Waals surface area (Å²) in [6.45, 7) is 2.38. The highest BCUT2D eigenvalue weighted by Gasteiger charge is 2.36. The Hall–Kier alpha value is -1.50. The molecule has 1 aliphatic rings. The summed E-state index contributed by atoms with van der Waals surface area (Å²) < 4.78 is 0. The summed E-state index contributed by atoms with van der Waals surface area (Å²) in [5.41, 5.74) is 0. The van der Waals surface area contributed by atoms with Crippen molar-refractivity contribution >= 4 is 11.9 Å². The van der Waals surface area contributed by atoms with Gasteiger partial charge in [0.25, 0.3) is 5.91 Å². The van der Waals surface area contributed by atoms with Crippen molar-refractivity contribution in [1.82, 2.24) is 10.2 Å². The lowest BCUT2D eigenvalue weighted by Crippen LogP contribution is -2.32. The van der Waals surface area contributed by atoms with Gasteiger partial charge in [-0.05, 0) is 6.42 Å². The Kier molecular flexibility index (Phi) is 2.91. The highest BCUT2D eigenvalue weighted by molar-refractivity contribution is 6.04. The first-order chi connectivity index (χ1) is 6.20. The number of hydrogen-bond acceptors (Lipinski definition) is 2. The van der Waals surface area contributed by atoms with E-state index in [1.54, 1.807) is 0 Å². The van der Waals surface area contributed by atoms with E-state index in [2.05, 4.69) is 11.2 Å². The minimum atomic E-state index is -0.510. The molecule has 1 fully saturated rings. The number of nitrogens with one attached hydrogen (secondary N) is 1. The van der Waals surface area contributed by atoms with Gasteiger partial charge in [0.1, 0.15) is 6.04 Å². The first kappa shape index (κ1) is 9.59. The summed E-state index contributed by atoms with van der Waals surface area (Å²) >= 11 is 0. The lowest BCUT2D eigenvalue weighted by Gasteiger charge is -2.09. The average molecular weight is 180 g/mol. The Morgan fingerprint density at radius 3 is 2.85 bits per heavy atom. The lowest BCUT2D eigenvalue weighted by atomic mass is 10.2. The maximum Gasteiger partial charge on any atom is 0.324 e. The minimum Gasteiger partial charge on any atom is -0.325 e. The van der Waals surface area contributed by atoms with Crippen molar-refractivity contribution < 1.29 is 9.59 Å². The molecule has 1 atom stereocenters. The van der Waals surface area contributed by atoms with Crippen molar-refractivity contribution in [2.75, 3.05) is 6.54 Å². The van der Waals surface area contributed by atoms with E-state index in [0.717, 1.165) is 6.42 Å². The molecule has 1 saturated heterocycles. The van der Waals surface area contributed by atoms with Crippen LogP contribution in [0.1, 0.15) is 19.8 Å². The molecule has 13 heavy (non-hydrogen) atoms. The molecule has 0 radical (unpaired) electrons. The summed E-state index contributed by atoms with van der Waals surface area (Å²) in [4.78, 5) is 23.8. The molecule has 0 saturated carbocycles. The zero-order valence-corrected chi connectivity index (χ0v) is 7.54. The number of urea groups is 1. The van der Waals surface area contributed by atoms with Gasteiger partial charge in [0.15, 0.2) is 0 Å². The molecule has 1 aliphatic heterocycles. The molecular formula is C9H12N2O2. The van der Waals surface area contributed by atoms with E-state index < -0.39 is 6.04 Å². The van der Waals surface area contributed by atoms with Crippen LogP contribution in [-0.4, -0.2) is 29.4 Å². The van der Waals surface area contributed by atoms with Crippen LogP contribution in [0.2, 0.25) is 0 Å². The van der Waals surface area contributed by atoms with Crippen molar-refractivity contribution in [3.05, 3.63) is 0 Å². The number of nitrogens with zero attached hydrogens (tertiary/aromatic N) is 1.